The van der Waals surface area contributed by atoms with Crippen LogP contribution in [0.25, 0.3) is 0 Å². The molecule has 0 amide bonds. The van der Waals surface area contributed by atoms with Gasteiger partial charge in [-0.25, -0.2) is 0 Å². The molecule has 0 aromatic rings. The van der Waals surface area contributed by atoms with Crippen LogP contribution in [-0.4, -0.2) is 19.8 Å². The standard InChI is InChI=1S/C34H66OS3/c1-5-7-9-11-13-15-17-18-19-20-21-22-24-26-28-30-32(35)34(3,4)38-33(36)37-31-29-27-25-23-16-14-12-10-8-6-2/h5-31H2,1-4H3. The van der Waals surface area contributed by atoms with E-state index in [4.69, 9.17) is 12.2 Å². The number of carbonyl (C=O) groups is 1. The molecule has 0 radical (unpaired) electrons. The van der Waals surface area contributed by atoms with E-state index >= 15 is 0 Å². The summed E-state index contributed by atoms with van der Waals surface area (Å²) in [5.74, 6) is 1.48. The first-order valence-electron chi connectivity index (χ1n) is 16.8. The first kappa shape index (κ1) is 38.5. The Bertz CT molecular complexity index is 532. The van der Waals surface area contributed by atoms with Crippen molar-refractivity contribution in [2.75, 3.05) is 5.75 Å². The van der Waals surface area contributed by atoms with Crippen molar-refractivity contribution in [2.24, 2.45) is 0 Å². The molecule has 0 aliphatic heterocycles. The van der Waals surface area contributed by atoms with Crippen molar-refractivity contribution in [3.8, 4) is 0 Å². The van der Waals surface area contributed by atoms with E-state index in [9.17, 15) is 4.79 Å². The number of ketones is 1. The van der Waals surface area contributed by atoms with Gasteiger partial charge in [-0.2, -0.15) is 0 Å². The van der Waals surface area contributed by atoms with Crippen LogP contribution in [0.5, 0.6) is 0 Å². The van der Waals surface area contributed by atoms with Crippen molar-refractivity contribution in [2.45, 2.75) is 199 Å². The molecule has 0 saturated heterocycles. The van der Waals surface area contributed by atoms with Gasteiger partial charge >= 0.3 is 0 Å². The summed E-state index contributed by atoms with van der Waals surface area (Å²) in [7, 11) is 0. The van der Waals surface area contributed by atoms with Gasteiger partial charge in [0.15, 0.2) is 0 Å². The molecule has 0 saturated carbocycles. The van der Waals surface area contributed by atoms with E-state index in [0.29, 0.717) is 12.2 Å². The fourth-order valence-electron chi connectivity index (χ4n) is 5.00. The van der Waals surface area contributed by atoms with Gasteiger partial charge in [-0.15, -0.1) is 11.8 Å². The molecule has 0 rings (SSSR count). The number of Topliss-reactive ketones (excluding diaryl/α,β-unsaturated/α-hetero) is 1. The van der Waals surface area contributed by atoms with Crippen LogP contribution in [0.4, 0.5) is 0 Å². The molecule has 0 aliphatic rings. The Hall–Kier alpha value is 0.460. The highest BCUT2D eigenvalue weighted by Crippen LogP contribution is 2.33. The third-order valence-electron chi connectivity index (χ3n) is 7.74. The Morgan fingerprint density at radius 2 is 0.842 bits per heavy atom. The quantitative estimate of drug-likeness (QED) is 0.0640. The monoisotopic (exact) mass is 586 g/mol. The Balaban J connectivity index is 3.57. The Morgan fingerprint density at radius 3 is 1.21 bits per heavy atom. The van der Waals surface area contributed by atoms with Gasteiger partial charge in [-0.1, -0.05) is 186 Å². The molecule has 0 aromatic carbocycles. The molecule has 38 heavy (non-hydrogen) atoms. The molecule has 4 heteroatoms. The SMILES string of the molecule is CCCCCCCCCCCCCCCCCC(=O)C(C)(C)SC(=S)SCCCCCCCCCCCC. The number of thiocarbonyl (C=S) groups is 1. The molecule has 0 aliphatic carbocycles. The second-order valence-electron chi connectivity index (χ2n) is 12.0. The lowest BCUT2D eigenvalue weighted by Crippen LogP contribution is -2.28. The van der Waals surface area contributed by atoms with Crippen LogP contribution in [0.1, 0.15) is 195 Å². The largest absolute Gasteiger partial charge is 0.298 e. The zero-order valence-electron chi connectivity index (χ0n) is 26.2. The van der Waals surface area contributed by atoms with Crippen molar-refractivity contribution in [3.63, 3.8) is 0 Å². The van der Waals surface area contributed by atoms with E-state index < -0.39 is 0 Å². The maximum absolute atomic E-state index is 12.8. The van der Waals surface area contributed by atoms with E-state index in [1.807, 2.05) is 0 Å². The van der Waals surface area contributed by atoms with Crippen molar-refractivity contribution < 1.29 is 4.79 Å². The highest BCUT2D eigenvalue weighted by molar-refractivity contribution is 8.47. The molecule has 0 heterocycles. The molecule has 0 unspecified atom stereocenters. The second kappa shape index (κ2) is 29.0. The highest BCUT2D eigenvalue weighted by atomic mass is 32.2. The summed E-state index contributed by atoms with van der Waals surface area (Å²) in [6.07, 6.45) is 34.8. The molecular formula is C34H66OS3. The van der Waals surface area contributed by atoms with E-state index in [2.05, 4.69) is 27.7 Å². The average Bonchev–Trinajstić information content (AvgIpc) is 2.89. The predicted molar refractivity (Wildman–Crippen MR) is 183 cm³/mol. The van der Waals surface area contributed by atoms with Gasteiger partial charge in [0.2, 0.25) is 0 Å². The van der Waals surface area contributed by atoms with E-state index in [1.165, 1.54) is 154 Å². The van der Waals surface area contributed by atoms with Gasteiger partial charge in [0.05, 0.1) is 4.75 Å². The van der Waals surface area contributed by atoms with Crippen LogP contribution in [0, 0.1) is 0 Å². The predicted octanol–water partition coefficient (Wildman–Crippen LogP) is 13.3. The van der Waals surface area contributed by atoms with Gasteiger partial charge < -0.3 is 0 Å². The van der Waals surface area contributed by atoms with Crippen LogP contribution in [0.2, 0.25) is 0 Å². The topological polar surface area (TPSA) is 17.1 Å². The zero-order valence-corrected chi connectivity index (χ0v) is 28.7. The van der Waals surface area contributed by atoms with Gasteiger partial charge in [-0.05, 0) is 32.4 Å². The summed E-state index contributed by atoms with van der Waals surface area (Å²) >= 11 is 9.03. The van der Waals surface area contributed by atoms with Crippen LogP contribution < -0.4 is 0 Å². The number of thioether (sulfide) groups is 2. The van der Waals surface area contributed by atoms with E-state index in [0.717, 1.165) is 15.7 Å². The number of hydrogen-bond acceptors (Lipinski definition) is 4. The van der Waals surface area contributed by atoms with Crippen molar-refractivity contribution in [1.29, 1.82) is 0 Å². The van der Waals surface area contributed by atoms with Crippen molar-refractivity contribution in [3.05, 3.63) is 0 Å². The second-order valence-corrected chi connectivity index (χ2v) is 15.9. The maximum atomic E-state index is 12.8. The molecular weight excluding hydrogens is 521 g/mol. The Kier molecular flexibility index (Phi) is 29.3. The van der Waals surface area contributed by atoms with Gasteiger partial charge in [0, 0.05) is 6.42 Å². The van der Waals surface area contributed by atoms with Crippen molar-refractivity contribution >= 4 is 45.1 Å². The molecule has 226 valence electrons. The number of hydrogen-bond donors (Lipinski definition) is 0. The normalized spacial score (nSPS) is 11.8. The average molecular weight is 587 g/mol. The molecule has 0 spiro atoms. The summed E-state index contributed by atoms with van der Waals surface area (Å²) in [4.78, 5) is 12.8. The first-order valence-corrected chi connectivity index (χ1v) is 19.0. The summed E-state index contributed by atoms with van der Waals surface area (Å²) in [5.41, 5.74) is 0. The minimum absolute atomic E-state index is 0.374. The Morgan fingerprint density at radius 1 is 0.526 bits per heavy atom. The summed E-state index contributed by atoms with van der Waals surface area (Å²) < 4.78 is 0.577. The molecule has 1 nitrogen and oxygen atoms in total. The lowest BCUT2D eigenvalue weighted by Gasteiger charge is -2.22. The summed E-state index contributed by atoms with van der Waals surface area (Å²) in [6.45, 7) is 8.71. The lowest BCUT2D eigenvalue weighted by molar-refractivity contribution is -0.120. The van der Waals surface area contributed by atoms with Gasteiger partial charge in [0.25, 0.3) is 0 Å². The van der Waals surface area contributed by atoms with Crippen LogP contribution in [-0.2, 0) is 4.79 Å². The molecule has 0 atom stereocenters. The van der Waals surface area contributed by atoms with E-state index in [1.54, 1.807) is 23.5 Å². The van der Waals surface area contributed by atoms with Crippen LogP contribution >= 0.6 is 35.7 Å². The number of carbonyl (C=O) groups excluding carboxylic acids is 1. The fourth-order valence-corrected chi connectivity index (χ4v) is 8.13. The number of rotatable bonds is 29. The molecule has 0 bridgehead atoms. The molecule has 0 N–H and O–H groups in total. The minimum atomic E-state index is -0.377. The summed E-state index contributed by atoms with van der Waals surface area (Å²) in [6, 6.07) is 0. The van der Waals surface area contributed by atoms with E-state index in [-0.39, 0.29) is 4.75 Å². The summed E-state index contributed by atoms with van der Waals surface area (Å²) in [5, 5.41) is 0. The third-order valence-corrected chi connectivity index (χ3v) is 10.6. The highest BCUT2D eigenvalue weighted by Gasteiger charge is 2.29. The van der Waals surface area contributed by atoms with Crippen LogP contribution in [0.3, 0.4) is 0 Å². The van der Waals surface area contributed by atoms with Gasteiger partial charge in [-0.3, -0.25) is 4.79 Å². The fraction of sp³-hybridized carbons (Fsp3) is 0.941. The maximum Gasteiger partial charge on any atom is 0.148 e. The minimum Gasteiger partial charge on any atom is -0.298 e. The smallest absolute Gasteiger partial charge is 0.148 e. The third kappa shape index (κ3) is 26.7. The zero-order chi connectivity index (χ0) is 28.2. The Labute approximate surface area is 254 Å². The lowest BCUT2D eigenvalue weighted by atomic mass is 10.0. The van der Waals surface area contributed by atoms with Gasteiger partial charge in [0.1, 0.15) is 9.31 Å². The molecule has 0 fully saturated rings. The molecule has 0 aromatic heterocycles. The number of unbranched alkanes of at least 4 members (excludes halogenated alkanes) is 23. The van der Waals surface area contributed by atoms with Crippen molar-refractivity contribution in [1.82, 2.24) is 0 Å². The first-order chi connectivity index (χ1) is 18.4. The van der Waals surface area contributed by atoms with Crippen LogP contribution in [0.15, 0.2) is 0 Å².